The molecule has 0 unspecified atom stereocenters. The maximum atomic E-state index is 8.69. The molecule has 0 saturated carbocycles. The van der Waals surface area contributed by atoms with E-state index in [-0.39, 0.29) is 13.5 Å². The van der Waals surface area contributed by atoms with Gasteiger partial charge in [-0.15, -0.1) is 0 Å². The van der Waals surface area contributed by atoms with Gasteiger partial charge in [-0.1, -0.05) is 32.6 Å². The van der Waals surface area contributed by atoms with Crippen LogP contribution in [0.15, 0.2) is 0 Å². The fourth-order valence-electron chi connectivity index (χ4n) is 1.13. The monoisotopic (exact) mass is 175 g/mol. The van der Waals surface area contributed by atoms with Crippen LogP contribution in [0.4, 0.5) is 0 Å². The van der Waals surface area contributed by atoms with Gasteiger partial charge >= 0.3 is 0 Å². The Morgan fingerprint density at radius 3 is 2.00 bits per heavy atom. The summed E-state index contributed by atoms with van der Waals surface area (Å²) < 4.78 is 0. The van der Waals surface area contributed by atoms with E-state index < -0.39 is 0 Å². The lowest BCUT2D eigenvalue weighted by molar-refractivity contribution is 0.0284. The fraction of sp³-hybridized carbons (Fsp3) is 1.00. The number of hydrogen-bond acceptors (Lipinski definition) is 3. The van der Waals surface area contributed by atoms with Crippen LogP contribution < -0.4 is 0 Å². The van der Waals surface area contributed by atoms with E-state index in [1.165, 1.54) is 25.7 Å². The number of rotatable bonds is 8. The van der Waals surface area contributed by atoms with Crippen molar-refractivity contribution < 1.29 is 10.2 Å². The number of aliphatic hydroxyl groups excluding tert-OH is 2. The molecule has 3 heteroatoms. The summed E-state index contributed by atoms with van der Waals surface area (Å²) >= 11 is 0. The average Bonchev–Trinajstić information content (AvgIpc) is 2.11. The summed E-state index contributed by atoms with van der Waals surface area (Å²) in [4.78, 5) is 1.62. The summed E-state index contributed by atoms with van der Waals surface area (Å²) in [6.45, 7) is 2.92. The maximum absolute atomic E-state index is 8.69. The molecule has 0 aliphatic rings. The Kier molecular flexibility index (Phi) is 8.88. The summed E-state index contributed by atoms with van der Waals surface area (Å²) in [7, 11) is 0. The molecule has 0 rings (SSSR count). The normalized spacial score (nSPS) is 11.0. The molecule has 2 N–H and O–H groups in total. The third kappa shape index (κ3) is 6.58. The molecular weight excluding hydrogens is 154 g/mol. The minimum absolute atomic E-state index is 0.0374. The first kappa shape index (κ1) is 11.9. The molecule has 0 aromatic heterocycles. The Bertz CT molecular complexity index is 84.6. The van der Waals surface area contributed by atoms with Crippen molar-refractivity contribution in [2.45, 2.75) is 39.0 Å². The van der Waals surface area contributed by atoms with Gasteiger partial charge in [-0.2, -0.15) is 0 Å². The van der Waals surface area contributed by atoms with Gasteiger partial charge in [0.1, 0.15) is 0 Å². The second-order valence-electron chi connectivity index (χ2n) is 3.09. The van der Waals surface area contributed by atoms with Crippen molar-refractivity contribution in [3.8, 4) is 0 Å². The second kappa shape index (κ2) is 8.97. The summed E-state index contributed by atoms with van der Waals surface area (Å²) in [5.74, 6) is 0. The molecule has 12 heavy (non-hydrogen) atoms. The van der Waals surface area contributed by atoms with Crippen molar-refractivity contribution in [2.24, 2.45) is 0 Å². The molecule has 0 fully saturated rings. The summed E-state index contributed by atoms with van der Waals surface area (Å²) in [5.41, 5.74) is 0. The highest BCUT2D eigenvalue weighted by Gasteiger charge is 1.98. The van der Waals surface area contributed by atoms with Gasteiger partial charge in [-0.25, -0.2) is 0 Å². The molecule has 0 aromatic carbocycles. The van der Waals surface area contributed by atoms with Crippen LogP contribution >= 0.6 is 0 Å². The first-order valence-corrected chi connectivity index (χ1v) is 4.79. The lowest BCUT2D eigenvalue weighted by Crippen LogP contribution is -2.26. The first-order chi connectivity index (χ1) is 5.85. The molecule has 3 nitrogen and oxygen atoms in total. The molecule has 0 saturated heterocycles. The Morgan fingerprint density at radius 1 is 0.917 bits per heavy atom. The van der Waals surface area contributed by atoms with E-state index in [9.17, 15) is 0 Å². The quantitative estimate of drug-likeness (QED) is 0.430. The third-order valence-corrected chi connectivity index (χ3v) is 1.98. The zero-order valence-corrected chi connectivity index (χ0v) is 8.00. The van der Waals surface area contributed by atoms with E-state index in [1.807, 2.05) is 0 Å². The van der Waals surface area contributed by atoms with Crippen LogP contribution in [0.5, 0.6) is 0 Å². The van der Waals surface area contributed by atoms with Gasteiger partial charge in [0.2, 0.25) is 0 Å². The lowest BCUT2D eigenvalue weighted by Gasteiger charge is -2.15. The number of nitrogens with zero attached hydrogens (tertiary/aromatic N) is 1. The van der Waals surface area contributed by atoms with E-state index in [2.05, 4.69) is 6.92 Å². The SMILES string of the molecule is CCCCCCCN(CO)CO. The third-order valence-electron chi connectivity index (χ3n) is 1.98. The van der Waals surface area contributed by atoms with Crippen molar-refractivity contribution >= 4 is 0 Å². The zero-order chi connectivity index (χ0) is 9.23. The Morgan fingerprint density at radius 2 is 1.50 bits per heavy atom. The van der Waals surface area contributed by atoms with Crippen LogP contribution in [0.2, 0.25) is 0 Å². The lowest BCUT2D eigenvalue weighted by atomic mass is 10.1. The predicted octanol–water partition coefficient (Wildman–Crippen LogP) is 1.16. The van der Waals surface area contributed by atoms with Gasteiger partial charge in [0, 0.05) is 6.54 Å². The molecule has 0 bridgehead atoms. The molecule has 0 heterocycles. The standard InChI is InChI=1S/C9H21NO2/c1-2-3-4-5-6-7-10(8-11)9-12/h11-12H,2-9H2,1H3. The minimum Gasteiger partial charge on any atom is -0.381 e. The molecule has 0 spiro atoms. The van der Waals surface area contributed by atoms with Crippen LogP contribution in [0.25, 0.3) is 0 Å². The van der Waals surface area contributed by atoms with Crippen LogP contribution in [-0.2, 0) is 0 Å². The van der Waals surface area contributed by atoms with E-state index in [4.69, 9.17) is 10.2 Å². The summed E-state index contributed by atoms with van der Waals surface area (Å²) in [6.07, 6.45) is 6.08. The van der Waals surface area contributed by atoms with Gasteiger partial charge in [0.05, 0.1) is 13.5 Å². The van der Waals surface area contributed by atoms with E-state index in [0.717, 1.165) is 13.0 Å². The second-order valence-corrected chi connectivity index (χ2v) is 3.09. The fourth-order valence-corrected chi connectivity index (χ4v) is 1.13. The number of hydrogen-bond donors (Lipinski definition) is 2. The molecule has 0 aromatic rings. The molecule has 0 aliphatic carbocycles. The van der Waals surface area contributed by atoms with Crippen molar-refractivity contribution in [1.82, 2.24) is 4.90 Å². The molecule has 0 atom stereocenters. The molecule has 74 valence electrons. The number of unbranched alkanes of at least 4 members (excludes halogenated alkanes) is 4. The smallest absolute Gasteiger partial charge is 0.0974 e. The molecule has 0 aliphatic heterocycles. The highest BCUT2D eigenvalue weighted by molar-refractivity contribution is 4.48. The maximum Gasteiger partial charge on any atom is 0.0974 e. The van der Waals surface area contributed by atoms with Crippen molar-refractivity contribution in [3.63, 3.8) is 0 Å². The van der Waals surface area contributed by atoms with Gasteiger partial charge in [0.15, 0.2) is 0 Å². The highest BCUT2D eigenvalue weighted by atomic mass is 16.3. The zero-order valence-electron chi connectivity index (χ0n) is 8.00. The Balaban J connectivity index is 3.06. The van der Waals surface area contributed by atoms with Gasteiger partial charge in [0.25, 0.3) is 0 Å². The van der Waals surface area contributed by atoms with Gasteiger partial charge < -0.3 is 10.2 Å². The van der Waals surface area contributed by atoms with Crippen LogP contribution in [-0.4, -0.2) is 35.1 Å². The molecule has 0 radical (unpaired) electrons. The Labute approximate surface area is 75.0 Å². The minimum atomic E-state index is -0.0374. The van der Waals surface area contributed by atoms with E-state index in [0.29, 0.717) is 0 Å². The molecule has 0 amide bonds. The molecular formula is C9H21NO2. The highest BCUT2D eigenvalue weighted by Crippen LogP contribution is 2.02. The Hall–Kier alpha value is -0.120. The van der Waals surface area contributed by atoms with Crippen molar-refractivity contribution in [2.75, 3.05) is 20.0 Å². The van der Waals surface area contributed by atoms with Gasteiger partial charge in [-0.3, -0.25) is 4.90 Å². The van der Waals surface area contributed by atoms with E-state index in [1.54, 1.807) is 4.90 Å². The topological polar surface area (TPSA) is 43.7 Å². The first-order valence-electron chi connectivity index (χ1n) is 4.79. The summed E-state index contributed by atoms with van der Waals surface area (Å²) in [6, 6.07) is 0. The predicted molar refractivity (Wildman–Crippen MR) is 49.6 cm³/mol. The van der Waals surface area contributed by atoms with Crippen LogP contribution in [0, 0.1) is 0 Å². The van der Waals surface area contributed by atoms with Crippen LogP contribution in [0.3, 0.4) is 0 Å². The van der Waals surface area contributed by atoms with Crippen molar-refractivity contribution in [3.05, 3.63) is 0 Å². The number of aliphatic hydroxyl groups is 2. The van der Waals surface area contributed by atoms with Gasteiger partial charge in [-0.05, 0) is 6.42 Å². The largest absolute Gasteiger partial charge is 0.381 e. The van der Waals surface area contributed by atoms with Crippen LogP contribution in [0.1, 0.15) is 39.0 Å². The average molecular weight is 175 g/mol. The summed E-state index contributed by atoms with van der Waals surface area (Å²) in [5, 5.41) is 17.4. The van der Waals surface area contributed by atoms with E-state index >= 15 is 0 Å². The van der Waals surface area contributed by atoms with Crippen molar-refractivity contribution in [1.29, 1.82) is 0 Å².